The Morgan fingerprint density at radius 2 is 2.14 bits per heavy atom. The Bertz CT molecular complexity index is 316. The van der Waals surface area contributed by atoms with Crippen LogP contribution < -0.4 is 0 Å². The zero-order chi connectivity index (χ0) is 10.8. The van der Waals surface area contributed by atoms with Gasteiger partial charge in [-0.15, -0.1) is 0 Å². The second kappa shape index (κ2) is 3.95. The van der Waals surface area contributed by atoms with E-state index in [1.165, 1.54) is 0 Å². The van der Waals surface area contributed by atoms with Gasteiger partial charge < -0.3 is 0 Å². The molecule has 0 heterocycles. The van der Waals surface area contributed by atoms with Crippen LogP contribution in [0.1, 0.15) is 27.7 Å². The Labute approximate surface area is 86.2 Å². The van der Waals surface area contributed by atoms with Crippen molar-refractivity contribution in [2.75, 3.05) is 0 Å². The summed E-state index contributed by atoms with van der Waals surface area (Å²) in [7, 11) is 0. The lowest BCUT2D eigenvalue weighted by Crippen LogP contribution is -2.31. The molecule has 1 heteroatoms. The molecule has 0 saturated heterocycles. The van der Waals surface area contributed by atoms with Crippen molar-refractivity contribution in [2.24, 2.45) is 11.3 Å². The average molecular weight is 190 g/mol. The molecule has 0 spiro atoms. The first-order valence-electron chi connectivity index (χ1n) is 5.01. The lowest BCUT2D eigenvalue weighted by atomic mass is 9.70. The summed E-state index contributed by atoms with van der Waals surface area (Å²) in [4.78, 5) is 11.9. The van der Waals surface area contributed by atoms with Crippen LogP contribution in [0.2, 0.25) is 0 Å². The van der Waals surface area contributed by atoms with Crippen molar-refractivity contribution in [1.82, 2.24) is 0 Å². The first kappa shape index (κ1) is 11.0. The van der Waals surface area contributed by atoms with E-state index < -0.39 is 0 Å². The minimum Gasteiger partial charge on any atom is -0.294 e. The van der Waals surface area contributed by atoms with Crippen LogP contribution in [0.25, 0.3) is 0 Å². The fourth-order valence-electron chi connectivity index (χ4n) is 2.08. The van der Waals surface area contributed by atoms with E-state index in [1.54, 1.807) is 6.08 Å². The van der Waals surface area contributed by atoms with Crippen molar-refractivity contribution < 1.29 is 4.79 Å². The minimum atomic E-state index is -0.0601. The summed E-state index contributed by atoms with van der Waals surface area (Å²) in [5.74, 6) is 0.208. The maximum Gasteiger partial charge on any atom is 0.163 e. The largest absolute Gasteiger partial charge is 0.294 e. The molecule has 1 atom stereocenters. The third kappa shape index (κ3) is 2.03. The van der Waals surface area contributed by atoms with Crippen molar-refractivity contribution >= 4 is 5.78 Å². The molecule has 1 rings (SSSR count). The Morgan fingerprint density at radius 1 is 1.50 bits per heavy atom. The van der Waals surface area contributed by atoms with Crippen molar-refractivity contribution in [3.63, 3.8) is 0 Å². The number of allylic oxidation sites excluding steroid dienone is 6. The summed E-state index contributed by atoms with van der Waals surface area (Å²) >= 11 is 0. The van der Waals surface area contributed by atoms with Crippen LogP contribution in [0, 0.1) is 11.3 Å². The van der Waals surface area contributed by atoms with E-state index >= 15 is 0 Å². The lowest BCUT2D eigenvalue weighted by Gasteiger charge is -2.32. The molecule has 0 radical (unpaired) electrons. The van der Waals surface area contributed by atoms with Crippen LogP contribution in [0.5, 0.6) is 0 Å². The van der Waals surface area contributed by atoms with Crippen LogP contribution in [0.3, 0.4) is 0 Å². The SMILES string of the molecule is CC=CC(=O)C1C(C)=CC=CC1(C)C. The molecular formula is C13H18O. The van der Waals surface area contributed by atoms with Crippen molar-refractivity contribution in [3.05, 3.63) is 36.0 Å². The van der Waals surface area contributed by atoms with E-state index in [9.17, 15) is 4.79 Å². The predicted molar refractivity (Wildman–Crippen MR) is 60.0 cm³/mol. The monoisotopic (exact) mass is 190 g/mol. The number of hydrogen-bond donors (Lipinski definition) is 0. The molecule has 0 bridgehead atoms. The molecule has 0 aromatic heterocycles. The van der Waals surface area contributed by atoms with Crippen LogP contribution in [-0.4, -0.2) is 5.78 Å². The van der Waals surface area contributed by atoms with Crippen LogP contribution >= 0.6 is 0 Å². The highest BCUT2D eigenvalue weighted by Crippen LogP contribution is 2.37. The zero-order valence-electron chi connectivity index (χ0n) is 9.37. The highest BCUT2D eigenvalue weighted by molar-refractivity contribution is 5.94. The molecule has 0 amide bonds. The number of rotatable bonds is 2. The molecule has 0 aromatic rings. The van der Waals surface area contributed by atoms with Gasteiger partial charge in [0.25, 0.3) is 0 Å². The normalized spacial score (nSPS) is 25.1. The Hall–Kier alpha value is -1.11. The molecule has 1 aliphatic rings. The van der Waals surface area contributed by atoms with Gasteiger partial charge in [0, 0.05) is 0 Å². The molecule has 1 nitrogen and oxygen atoms in total. The summed E-state index contributed by atoms with van der Waals surface area (Å²) in [6.07, 6.45) is 9.64. The van der Waals surface area contributed by atoms with Gasteiger partial charge in [-0.05, 0) is 25.3 Å². The molecule has 0 aliphatic heterocycles. The summed E-state index contributed by atoms with van der Waals surface area (Å²) in [6, 6.07) is 0. The first-order valence-corrected chi connectivity index (χ1v) is 5.01. The molecule has 1 unspecified atom stereocenters. The molecule has 76 valence electrons. The van der Waals surface area contributed by atoms with Crippen molar-refractivity contribution in [1.29, 1.82) is 0 Å². The van der Waals surface area contributed by atoms with Gasteiger partial charge in [0.05, 0.1) is 5.92 Å². The number of carbonyl (C=O) groups excluding carboxylic acids is 1. The van der Waals surface area contributed by atoms with E-state index in [2.05, 4.69) is 19.9 Å². The summed E-state index contributed by atoms with van der Waals surface area (Å²) in [5, 5.41) is 0. The van der Waals surface area contributed by atoms with E-state index in [1.807, 2.05) is 32.1 Å². The quantitative estimate of drug-likeness (QED) is 0.611. The Kier molecular flexibility index (Phi) is 3.10. The van der Waals surface area contributed by atoms with Gasteiger partial charge in [-0.1, -0.05) is 43.7 Å². The fourth-order valence-corrected chi connectivity index (χ4v) is 2.08. The number of hydrogen-bond acceptors (Lipinski definition) is 1. The smallest absolute Gasteiger partial charge is 0.163 e. The highest BCUT2D eigenvalue weighted by Gasteiger charge is 2.34. The Morgan fingerprint density at radius 3 is 2.64 bits per heavy atom. The molecule has 1 aliphatic carbocycles. The second-order valence-corrected chi connectivity index (χ2v) is 4.43. The van der Waals surface area contributed by atoms with Crippen molar-refractivity contribution in [3.8, 4) is 0 Å². The van der Waals surface area contributed by atoms with Gasteiger partial charge in [-0.3, -0.25) is 4.79 Å². The second-order valence-electron chi connectivity index (χ2n) is 4.43. The summed E-state index contributed by atoms with van der Waals surface area (Å²) in [5.41, 5.74) is 1.09. The van der Waals surface area contributed by atoms with Gasteiger partial charge in [0.2, 0.25) is 0 Å². The van der Waals surface area contributed by atoms with E-state index in [0.29, 0.717) is 0 Å². The Balaban J connectivity index is 3.01. The van der Waals surface area contributed by atoms with Gasteiger partial charge in [0.1, 0.15) is 0 Å². The average Bonchev–Trinajstić information content (AvgIpc) is 2.02. The lowest BCUT2D eigenvalue weighted by molar-refractivity contribution is -0.119. The predicted octanol–water partition coefficient (Wildman–Crippen LogP) is 3.29. The molecule has 0 fully saturated rings. The standard InChI is InChI=1S/C13H18O/c1-5-7-11(14)12-10(2)8-6-9-13(12,3)4/h5-9,12H,1-4H3. The van der Waals surface area contributed by atoms with Crippen LogP contribution in [-0.2, 0) is 4.79 Å². The maximum absolute atomic E-state index is 11.9. The number of carbonyl (C=O) groups is 1. The van der Waals surface area contributed by atoms with E-state index in [0.717, 1.165) is 5.57 Å². The molecule has 0 saturated carbocycles. The van der Waals surface area contributed by atoms with Gasteiger partial charge in [0.15, 0.2) is 5.78 Å². The minimum absolute atomic E-state index is 0.00343. The summed E-state index contributed by atoms with van der Waals surface area (Å²) in [6.45, 7) is 8.11. The summed E-state index contributed by atoms with van der Waals surface area (Å²) < 4.78 is 0. The zero-order valence-corrected chi connectivity index (χ0v) is 9.37. The van der Waals surface area contributed by atoms with Crippen LogP contribution in [0.15, 0.2) is 36.0 Å². The molecular weight excluding hydrogens is 172 g/mol. The maximum atomic E-state index is 11.9. The van der Waals surface area contributed by atoms with Gasteiger partial charge in [-0.2, -0.15) is 0 Å². The number of ketones is 1. The third-order valence-corrected chi connectivity index (χ3v) is 2.70. The van der Waals surface area contributed by atoms with Gasteiger partial charge in [-0.25, -0.2) is 0 Å². The highest BCUT2D eigenvalue weighted by atomic mass is 16.1. The topological polar surface area (TPSA) is 17.1 Å². The fraction of sp³-hybridized carbons (Fsp3) is 0.462. The first-order chi connectivity index (χ1) is 6.49. The molecule has 0 N–H and O–H groups in total. The van der Waals surface area contributed by atoms with E-state index in [4.69, 9.17) is 0 Å². The van der Waals surface area contributed by atoms with Gasteiger partial charge >= 0.3 is 0 Å². The molecule has 0 aromatic carbocycles. The third-order valence-electron chi connectivity index (χ3n) is 2.70. The van der Waals surface area contributed by atoms with Crippen molar-refractivity contribution in [2.45, 2.75) is 27.7 Å². The van der Waals surface area contributed by atoms with E-state index in [-0.39, 0.29) is 17.1 Å². The van der Waals surface area contributed by atoms with Crippen LogP contribution in [0.4, 0.5) is 0 Å². The molecule has 14 heavy (non-hydrogen) atoms.